The number of piperidine rings is 1. The molecule has 0 bridgehead atoms. The number of nitrogens with zero attached hydrogens (tertiary/aromatic N) is 5. The number of aryl methyl sites for hydroxylation is 1. The van der Waals surface area contributed by atoms with Gasteiger partial charge in [-0.25, -0.2) is 13.8 Å². The van der Waals surface area contributed by atoms with E-state index in [2.05, 4.69) is 25.2 Å². The maximum absolute atomic E-state index is 16.6. The summed E-state index contributed by atoms with van der Waals surface area (Å²) in [6.07, 6.45) is -2.98. The predicted octanol–water partition coefficient (Wildman–Crippen LogP) is 5.15. The second-order valence-electron chi connectivity index (χ2n) is 12.2. The van der Waals surface area contributed by atoms with Crippen LogP contribution in [0.3, 0.4) is 0 Å². The highest BCUT2D eigenvalue weighted by Crippen LogP contribution is 2.45. The largest absolute Gasteiger partial charge is 0.461 e. The number of ether oxygens (including phenoxy) is 1. The zero-order valence-electron chi connectivity index (χ0n) is 23.4. The van der Waals surface area contributed by atoms with Crippen molar-refractivity contribution < 1.29 is 26.7 Å². The minimum atomic E-state index is -4.85. The predicted molar refractivity (Wildman–Crippen MR) is 153 cm³/mol. The number of pyridine rings is 1. The molecule has 4 fully saturated rings. The summed E-state index contributed by atoms with van der Waals surface area (Å²) in [5.41, 5.74) is 2.48. The van der Waals surface area contributed by atoms with Gasteiger partial charge in [0.25, 0.3) is 0 Å². The second kappa shape index (κ2) is 10.3. The Bertz CT molecular complexity index is 1610. The molecule has 1 aromatic carbocycles. The molecule has 7 rings (SSSR count). The topological polar surface area (TPSA) is 92.4 Å². The Kier molecular flexibility index (Phi) is 6.86. The van der Waals surface area contributed by atoms with Gasteiger partial charge in [0.15, 0.2) is 5.82 Å². The summed E-state index contributed by atoms with van der Waals surface area (Å²) < 4.78 is 79.6. The fourth-order valence-electron chi connectivity index (χ4n) is 7.41. The van der Waals surface area contributed by atoms with Crippen LogP contribution in [0.25, 0.3) is 22.2 Å². The smallest absolute Gasteiger partial charge is 0.418 e. The van der Waals surface area contributed by atoms with Gasteiger partial charge >= 0.3 is 12.2 Å². The minimum absolute atomic E-state index is 0.114. The summed E-state index contributed by atoms with van der Waals surface area (Å²) in [5, 5.41) is 3.39. The van der Waals surface area contributed by atoms with Crippen molar-refractivity contribution >= 4 is 34.1 Å². The summed E-state index contributed by atoms with van der Waals surface area (Å²) in [6, 6.07) is 2.75. The van der Waals surface area contributed by atoms with Gasteiger partial charge in [0.05, 0.1) is 27.4 Å². The first-order chi connectivity index (χ1) is 20.4. The van der Waals surface area contributed by atoms with Crippen LogP contribution in [-0.2, 0) is 6.18 Å². The Morgan fingerprint density at radius 3 is 2.72 bits per heavy atom. The van der Waals surface area contributed by atoms with Gasteiger partial charge in [-0.05, 0) is 50.4 Å². The molecule has 8 nitrogen and oxygen atoms in total. The van der Waals surface area contributed by atoms with Crippen molar-refractivity contribution in [3.05, 3.63) is 34.1 Å². The van der Waals surface area contributed by atoms with E-state index in [9.17, 15) is 17.6 Å². The molecule has 230 valence electrons. The van der Waals surface area contributed by atoms with Crippen LogP contribution in [-0.4, -0.2) is 76.9 Å². The van der Waals surface area contributed by atoms with Crippen molar-refractivity contribution in [3.8, 4) is 17.3 Å². The first kappa shape index (κ1) is 28.7. The molecular weight excluding hydrogens is 593 g/mol. The van der Waals surface area contributed by atoms with Crippen LogP contribution < -0.4 is 20.7 Å². The first-order valence-corrected chi connectivity index (χ1v) is 14.9. The Balaban J connectivity index is 1.37. The zero-order valence-corrected chi connectivity index (χ0v) is 24.2. The monoisotopic (exact) mass is 623 g/mol. The zero-order chi connectivity index (χ0) is 30.3. The molecule has 3 N–H and O–H groups in total. The molecule has 4 aliphatic rings. The van der Waals surface area contributed by atoms with Crippen LogP contribution >= 0.6 is 11.6 Å². The molecule has 4 atom stereocenters. The maximum Gasteiger partial charge on any atom is 0.418 e. The molecule has 0 radical (unpaired) electrons. The molecule has 43 heavy (non-hydrogen) atoms. The number of nitrogen functional groups attached to an aromatic ring is 1. The number of alkyl halides is 4. The maximum atomic E-state index is 16.6. The fraction of sp³-hybridized carbons (Fsp3) is 0.552. The van der Waals surface area contributed by atoms with E-state index in [1.807, 2.05) is 4.90 Å². The highest BCUT2D eigenvalue weighted by atomic mass is 35.5. The van der Waals surface area contributed by atoms with E-state index in [4.69, 9.17) is 22.1 Å². The van der Waals surface area contributed by atoms with Crippen molar-refractivity contribution in [1.29, 1.82) is 0 Å². The average molecular weight is 624 g/mol. The number of nitrogens with two attached hydrogens (primary N) is 1. The summed E-state index contributed by atoms with van der Waals surface area (Å²) in [5.74, 6) is -0.517. The van der Waals surface area contributed by atoms with E-state index >= 15 is 4.39 Å². The molecule has 0 spiro atoms. The molecule has 2 unspecified atom stereocenters. The molecule has 14 heteroatoms. The number of hydrogen-bond donors (Lipinski definition) is 2. The van der Waals surface area contributed by atoms with Crippen molar-refractivity contribution in [2.45, 2.75) is 56.5 Å². The number of halogens is 6. The van der Waals surface area contributed by atoms with Crippen molar-refractivity contribution in [3.63, 3.8) is 0 Å². The minimum Gasteiger partial charge on any atom is -0.461 e. The summed E-state index contributed by atoms with van der Waals surface area (Å²) in [6.45, 7) is 4.57. The molecule has 2 aromatic heterocycles. The van der Waals surface area contributed by atoms with Gasteiger partial charge in [-0.2, -0.15) is 23.1 Å². The number of fused-ring (bicyclic) bond motifs is 3. The quantitative estimate of drug-likeness (QED) is 0.377. The Labute approximate surface area is 249 Å². The number of hydrogen-bond acceptors (Lipinski definition) is 8. The van der Waals surface area contributed by atoms with Gasteiger partial charge in [-0.3, -0.25) is 4.90 Å². The lowest BCUT2D eigenvalue weighted by Crippen LogP contribution is -2.61. The van der Waals surface area contributed by atoms with E-state index in [0.29, 0.717) is 43.8 Å². The summed E-state index contributed by atoms with van der Waals surface area (Å²) in [7, 11) is 0. The highest BCUT2D eigenvalue weighted by molar-refractivity contribution is 6.34. The van der Waals surface area contributed by atoms with E-state index in [-0.39, 0.29) is 39.9 Å². The van der Waals surface area contributed by atoms with Crippen LogP contribution in [0.5, 0.6) is 6.01 Å². The van der Waals surface area contributed by atoms with Crippen LogP contribution in [0, 0.1) is 18.7 Å². The molecule has 3 aromatic rings. The molecule has 0 saturated carbocycles. The Morgan fingerprint density at radius 2 is 2.00 bits per heavy atom. The van der Waals surface area contributed by atoms with Gasteiger partial charge in [0.2, 0.25) is 0 Å². The summed E-state index contributed by atoms with van der Waals surface area (Å²) in [4.78, 5) is 17.1. The lowest BCUT2D eigenvalue weighted by Gasteiger charge is -2.46. The van der Waals surface area contributed by atoms with Gasteiger partial charge < -0.3 is 20.7 Å². The Hall–Kier alpha value is -3.03. The Morgan fingerprint density at radius 1 is 1.19 bits per heavy atom. The second-order valence-corrected chi connectivity index (χ2v) is 12.6. The van der Waals surface area contributed by atoms with Crippen molar-refractivity contribution in [2.75, 3.05) is 50.0 Å². The van der Waals surface area contributed by atoms with Gasteiger partial charge in [-0.15, -0.1) is 0 Å². The highest BCUT2D eigenvalue weighted by Gasteiger charge is 2.49. The molecule has 4 saturated heterocycles. The van der Waals surface area contributed by atoms with E-state index in [1.54, 1.807) is 0 Å². The molecule has 0 aliphatic carbocycles. The van der Waals surface area contributed by atoms with Gasteiger partial charge in [0, 0.05) is 49.9 Å². The van der Waals surface area contributed by atoms with Crippen molar-refractivity contribution in [2.24, 2.45) is 5.92 Å². The van der Waals surface area contributed by atoms with Crippen LogP contribution in [0.1, 0.15) is 36.8 Å². The van der Waals surface area contributed by atoms with Crippen LogP contribution in [0.4, 0.5) is 33.6 Å². The number of rotatable bonds is 5. The third-order valence-corrected chi connectivity index (χ3v) is 9.80. The van der Waals surface area contributed by atoms with E-state index in [0.717, 1.165) is 38.4 Å². The lowest BCUT2D eigenvalue weighted by molar-refractivity contribution is -0.137. The third-order valence-electron chi connectivity index (χ3n) is 9.51. The van der Waals surface area contributed by atoms with E-state index < -0.39 is 40.5 Å². The van der Waals surface area contributed by atoms with Gasteiger partial charge in [0.1, 0.15) is 29.9 Å². The van der Waals surface area contributed by atoms with Gasteiger partial charge in [-0.1, -0.05) is 11.6 Å². The average Bonchev–Trinajstić information content (AvgIpc) is 3.42. The third kappa shape index (κ3) is 4.83. The summed E-state index contributed by atoms with van der Waals surface area (Å²) >= 11 is 6.56. The normalized spacial score (nSPS) is 27.3. The number of anilines is 2. The SMILES string of the molecule is Cc1cc(N)nc(-c2c(Cl)cc3c(N4CCC5NCC5C4)nc(OC[C@]45CCCN4C[C@H](F)C5)nc3c2F)c1C(F)(F)F. The van der Waals surface area contributed by atoms with E-state index in [1.165, 1.54) is 13.0 Å². The molecule has 4 aliphatic heterocycles. The lowest BCUT2D eigenvalue weighted by atomic mass is 9.85. The van der Waals surface area contributed by atoms with Crippen LogP contribution in [0.2, 0.25) is 5.02 Å². The fourth-order valence-corrected chi connectivity index (χ4v) is 7.69. The van der Waals surface area contributed by atoms with Crippen LogP contribution in [0.15, 0.2) is 12.1 Å². The number of nitrogens with one attached hydrogen (secondary N) is 1. The molecule has 0 amide bonds. The number of aromatic nitrogens is 3. The standard InChI is InChI=1S/C29H31ClF5N7O/c1-14-7-20(36)38-25(22(14)29(33,34)35)21-18(30)8-17-24(23(21)32)39-27(40-26(17)41-6-3-19-15(11-41)10-37-19)43-13-28-4-2-5-42(28)12-16(31)9-28/h7-8,15-16,19,37H,2-6,9-13H2,1H3,(H2,36,38)/t15?,16-,19?,28-/m1/s1. The van der Waals surface area contributed by atoms with Crippen molar-refractivity contribution in [1.82, 2.24) is 25.2 Å². The molecule has 6 heterocycles. The molecular formula is C29H31ClF5N7O. The first-order valence-electron chi connectivity index (χ1n) is 14.5. The number of benzene rings is 1.